The molecule has 1 aromatic rings. The van der Waals surface area contributed by atoms with Crippen LogP contribution >= 0.6 is 15.9 Å². The summed E-state index contributed by atoms with van der Waals surface area (Å²) in [5, 5.41) is 10.3. The molecule has 0 saturated heterocycles. The molecule has 1 aromatic heterocycles. The summed E-state index contributed by atoms with van der Waals surface area (Å²) < 4.78 is 37.9. The molecule has 15 heavy (non-hydrogen) atoms. The summed E-state index contributed by atoms with van der Waals surface area (Å²) in [6, 6.07) is 0. The second kappa shape index (κ2) is 4.56. The molecular formula is C7H4BrF3N2O2. The van der Waals surface area contributed by atoms with Gasteiger partial charge in [-0.15, -0.1) is 0 Å². The van der Waals surface area contributed by atoms with Gasteiger partial charge in [-0.25, -0.2) is 13.8 Å². The molecule has 0 unspecified atom stereocenters. The third-order valence-electron chi connectivity index (χ3n) is 1.67. The first-order valence-electron chi connectivity index (χ1n) is 3.64. The smallest absolute Gasteiger partial charge is 0.258 e. The van der Waals surface area contributed by atoms with Gasteiger partial charge in [-0.1, -0.05) is 15.9 Å². The van der Waals surface area contributed by atoms with Crippen LogP contribution in [0.4, 0.5) is 18.9 Å². The van der Waals surface area contributed by atoms with E-state index < -0.39 is 28.5 Å². The molecule has 4 nitrogen and oxygen atoms in total. The fourth-order valence-corrected chi connectivity index (χ4v) is 1.50. The second-order valence-corrected chi connectivity index (χ2v) is 3.09. The van der Waals surface area contributed by atoms with Crippen LogP contribution in [0.2, 0.25) is 0 Å². The van der Waals surface area contributed by atoms with E-state index >= 15 is 0 Å². The Morgan fingerprint density at radius 3 is 2.60 bits per heavy atom. The van der Waals surface area contributed by atoms with Gasteiger partial charge in [0.15, 0.2) is 0 Å². The van der Waals surface area contributed by atoms with Gasteiger partial charge in [0.05, 0.1) is 4.92 Å². The van der Waals surface area contributed by atoms with Crippen LogP contribution in [0.25, 0.3) is 0 Å². The van der Waals surface area contributed by atoms with E-state index in [-0.39, 0.29) is 10.9 Å². The maximum Gasteiger partial charge on any atom is 0.333 e. The van der Waals surface area contributed by atoms with Gasteiger partial charge in [0.2, 0.25) is 0 Å². The van der Waals surface area contributed by atoms with Crippen LogP contribution in [0, 0.1) is 16.1 Å². The molecule has 0 saturated carbocycles. The summed E-state index contributed by atoms with van der Waals surface area (Å²) in [5.74, 6) is -1.50. The molecule has 0 radical (unpaired) electrons. The van der Waals surface area contributed by atoms with E-state index in [0.717, 1.165) is 6.20 Å². The molecule has 0 amide bonds. The van der Waals surface area contributed by atoms with Crippen molar-refractivity contribution in [2.24, 2.45) is 0 Å². The van der Waals surface area contributed by atoms with Crippen LogP contribution < -0.4 is 0 Å². The summed E-state index contributed by atoms with van der Waals surface area (Å²) in [6.07, 6.45) is -2.27. The van der Waals surface area contributed by atoms with E-state index in [9.17, 15) is 23.3 Å². The zero-order valence-corrected chi connectivity index (χ0v) is 8.67. The molecule has 1 heterocycles. The quantitative estimate of drug-likeness (QED) is 0.371. The summed E-state index contributed by atoms with van der Waals surface area (Å²) in [6.45, 7) is 0. The molecule has 0 spiro atoms. The predicted molar refractivity (Wildman–Crippen MR) is 48.4 cm³/mol. The number of pyridine rings is 1. The standard InChI is InChI=1S/C7H4BrF3N2O2/c8-1-3-2-12-7(11)5(13(14)15)4(3)6(9)10/h2,6H,1H2. The van der Waals surface area contributed by atoms with Crippen molar-refractivity contribution >= 4 is 21.6 Å². The van der Waals surface area contributed by atoms with Crippen LogP contribution in [0.3, 0.4) is 0 Å². The normalized spacial score (nSPS) is 10.7. The van der Waals surface area contributed by atoms with Gasteiger partial charge in [-0.05, 0) is 5.56 Å². The van der Waals surface area contributed by atoms with Crippen LogP contribution in [-0.2, 0) is 5.33 Å². The Balaban J connectivity index is 3.51. The van der Waals surface area contributed by atoms with Crippen molar-refractivity contribution in [3.05, 3.63) is 33.4 Å². The van der Waals surface area contributed by atoms with E-state index in [4.69, 9.17) is 0 Å². The lowest BCUT2D eigenvalue weighted by atomic mass is 10.1. The Bertz CT molecular complexity index is 400. The number of hydrogen-bond acceptors (Lipinski definition) is 3. The summed E-state index contributed by atoms with van der Waals surface area (Å²) in [4.78, 5) is 12.2. The number of halogens is 4. The van der Waals surface area contributed by atoms with Crippen LogP contribution in [0.1, 0.15) is 17.6 Å². The third kappa shape index (κ3) is 2.25. The molecular weight excluding hydrogens is 281 g/mol. The first-order valence-corrected chi connectivity index (χ1v) is 4.77. The highest BCUT2D eigenvalue weighted by Gasteiger charge is 2.30. The number of nitro groups is 1. The number of alkyl halides is 3. The van der Waals surface area contributed by atoms with Gasteiger partial charge >= 0.3 is 5.69 Å². The largest absolute Gasteiger partial charge is 0.333 e. The molecule has 0 aliphatic rings. The zero-order valence-electron chi connectivity index (χ0n) is 7.08. The fraction of sp³-hybridized carbons (Fsp3) is 0.286. The second-order valence-electron chi connectivity index (χ2n) is 2.53. The highest BCUT2D eigenvalue weighted by atomic mass is 79.9. The average Bonchev–Trinajstić information content (AvgIpc) is 2.16. The van der Waals surface area contributed by atoms with Crippen LogP contribution in [-0.4, -0.2) is 9.91 Å². The molecule has 1 rings (SSSR count). The summed E-state index contributed by atoms with van der Waals surface area (Å²) in [5.41, 5.74) is -2.29. The van der Waals surface area contributed by atoms with Gasteiger partial charge in [-0.3, -0.25) is 10.1 Å². The van der Waals surface area contributed by atoms with Crippen molar-refractivity contribution in [1.29, 1.82) is 0 Å². The van der Waals surface area contributed by atoms with Gasteiger partial charge < -0.3 is 0 Å². The molecule has 0 bridgehead atoms. The lowest BCUT2D eigenvalue weighted by Crippen LogP contribution is -2.05. The highest BCUT2D eigenvalue weighted by molar-refractivity contribution is 9.08. The zero-order chi connectivity index (χ0) is 11.6. The van der Waals surface area contributed by atoms with Crippen molar-refractivity contribution in [1.82, 2.24) is 4.98 Å². The molecule has 8 heteroatoms. The van der Waals surface area contributed by atoms with E-state index in [2.05, 4.69) is 20.9 Å². The Labute approximate surface area is 90.4 Å². The van der Waals surface area contributed by atoms with Gasteiger partial charge in [0.25, 0.3) is 12.4 Å². The maximum absolute atomic E-state index is 12.9. The van der Waals surface area contributed by atoms with Gasteiger partial charge in [-0.2, -0.15) is 4.39 Å². The highest BCUT2D eigenvalue weighted by Crippen LogP contribution is 2.33. The summed E-state index contributed by atoms with van der Waals surface area (Å²) in [7, 11) is 0. The molecule has 0 aromatic carbocycles. The monoisotopic (exact) mass is 284 g/mol. The number of rotatable bonds is 3. The molecule has 0 aliphatic carbocycles. The van der Waals surface area contributed by atoms with E-state index in [0.29, 0.717) is 0 Å². The Morgan fingerprint density at radius 1 is 1.60 bits per heavy atom. The first-order chi connectivity index (χ1) is 6.99. The molecule has 0 fully saturated rings. The number of hydrogen-bond donors (Lipinski definition) is 0. The van der Waals surface area contributed by atoms with Crippen molar-refractivity contribution < 1.29 is 18.1 Å². The van der Waals surface area contributed by atoms with Gasteiger partial charge in [0.1, 0.15) is 5.56 Å². The Kier molecular flexibility index (Phi) is 3.61. The molecule has 82 valence electrons. The van der Waals surface area contributed by atoms with E-state index in [1.54, 1.807) is 0 Å². The lowest BCUT2D eigenvalue weighted by molar-refractivity contribution is -0.389. The third-order valence-corrected chi connectivity index (χ3v) is 2.28. The molecule has 0 atom stereocenters. The predicted octanol–water partition coefficient (Wildman–Crippen LogP) is 2.96. The Morgan fingerprint density at radius 2 is 2.20 bits per heavy atom. The van der Waals surface area contributed by atoms with Crippen LogP contribution in [0.15, 0.2) is 6.20 Å². The topological polar surface area (TPSA) is 56.0 Å². The van der Waals surface area contributed by atoms with Crippen LogP contribution in [0.5, 0.6) is 0 Å². The van der Waals surface area contributed by atoms with Crippen molar-refractivity contribution in [2.45, 2.75) is 11.8 Å². The van der Waals surface area contributed by atoms with Crippen molar-refractivity contribution in [2.75, 3.05) is 0 Å². The number of aromatic nitrogens is 1. The lowest BCUT2D eigenvalue weighted by Gasteiger charge is -2.06. The Hall–Kier alpha value is -1.18. The minimum Gasteiger partial charge on any atom is -0.258 e. The van der Waals surface area contributed by atoms with Gasteiger partial charge in [0, 0.05) is 11.5 Å². The summed E-state index contributed by atoms with van der Waals surface area (Å²) >= 11 is 2.87. The van der Waals surface area contributed by atoms with E-state index in [1.807, 2.05) is 0 Å². The first kappa shape index (κ1) is 11.9. The van der Waals surface area contributed by atoms with Crippen molar-refractivity contribution in [3.8, 4) is 0 Å². The average molecular weight is 285 g/mol. The SMILES string of the molecule is O=[N+]([O-])c1c(F)ncc(CBr)c1C(F)F. The maximum atomic E-state index is 12.9. The van der Waals surface area contributed by atoms with E-state index in [1.165, 1.54) is 0 Å². The minimum atomic E-state index is -3.12. The number of nitrogens with zero attached hydrogens (tertiary/aromatic N) is 2. The molecule has 0 aliphatic heterocycles. The fourth-order valence-electron chi connectivity index (χ4n) is 1.05. The minimum absolute atomic E-state index is 0.0548. The van der Waals surface area contributed by atoms with Crippen molar-refractivity contribution in [3.63, 3.8) is 0 Å². The molecule has 0 N–H and O–H groups in total.